The zero-order valence-corrected chi connectivity index (χ0v) is 10.1. The van der Waals surface area contributed by atoms with Crippen LogP contribution in [-0.2, 0) is 0 Å². The van der Waals surface area contributed by atoms with Crippen LogP contribution in [0.1, 0.15) is 27.2 Å². The highest BCUT2D eigenvalue weighted by Gasteiger charge is 2.26. The quantitative estimate of drug-likeness (QED) is 0.540. The lowest BCUT2D eigenvalue weighted by molar-refractivity contribution is 0.0244. The van der Waals surface area contributed by atoms with Crippen molar-refractivity contribution in [2.24, 2.45) is 5.41 Å². The molecule has 0 aromatic rings. The van der Waals surface area contributed by atoms with Gasteiger partial charge in [0.1, 0.15) is 0 Å². The summed E-state index contributed by atoms with van der Waals surface area (Å²) in [6, 6.07) is 0.356. The van der Waals surface area contributed by atoms with Gasteiger partial charge in [-0.3, -0.25) is 0 Å². The van der Waals surface area contributed by atoms with E-state index in [0.29, 0.717) is 12.6 Å². The van der Waals surface area contributed by atoms with E-state index in [-0.39, 0.29) is 19.8 Å². The van der Waals surface area contributed by atoms with Crippen molar-refractivity contribution >= 4 is 0 Å². The molecule has 0 aromatic carbocycles. The van der Waals surface area contributed by atoms with Gasteiger partial charge in [-0.05, 0) is 20.3 Å². The zero-order chi connectivity index (χ0) is 11.9. The molecule has 0 amide bonds. The third-order valence-electron chi connectivity index (χ3n) is 2.68. The third-order valence-corrected chi connectivity index (χ3v) is 2.68. The van der Waals surface area contributed by atoms with Crippen LogP contribution in [0.25, 0.3) is 0 Å². The van der Waals surface area contributed by atoms with E-state index in [2.05, 4.69) is 18.7 Å². The summed E-state index contributed by atoms with van der Waals surface area (Å²) in [4.78, 5) is 2.17. The van der Waals surface area contributed by atoms with Crippen molar-refractivity contribution in [3.8, 4) is 0 Å². The van der Waals surface area contributed by atoms with E-state index in [1.807, 2.05) is 6.92 Å². The van der Waals surface area contributed by atoms with Crippen LogP contribution in [-0.4, -0.2) is 59.2 Å². The Hall–Kier alpha value is -0.160. The molecule has 0 saturated carbocycles. The highest BCUT2D eigenvalue weighted by molar-refractivity contribution is 4.78. The summed E-state index contributed by atoms with van der Waals surface area (Å²) in [6.45, 7) is 7.59. The van der Waals surface area contributed by atoms with E-state index in [1.54, 1.807) is 0 Å². The minimum Gasteiger partial charge on any atom is -0.396 e. The Morgan fingerprint density at radius 2 is 1.67 bits per heavy atom. The molecule has 4 nitrogen and oxygen atoms in total. The molecule has 0 aromatic heterocycles. The van der Waals surface area contributed by atoms with Crippen LogP contribution in [0, 0.1) is 5.41 Å². The van der Waals surface area contributed by atoms with Gasteiger partial charge in [0.15, 0.2) is 0 Å². The van der Waals surface area contributed by atoms with Gasteiger partial charge in [0.05, 0.1) is 13.2 Å². The Morgan fingerprint density at radius 1 is 1.13 bits per heavy atom. The minimum absolute atomic E-state index is 0.0220. The molecule has 0 atom stereocenters. The fourth-order valence-corrected chi connectivity index (χ4v) is 1.43. The van der Waals surface area contributed by atoms with Gasteiger partial charge in [-0.1, -0.05) is 6.92 Å². The van der Waals surface area contributed by atoms with Crippen LogP contribution in [0.5, 0.6) is 0 Å². The summed E-state index contributed by atoms with van der Waals surface area (Å²) >= 11 is 0. The molecule has 0 fully saturated rings. The minimum atomic E-state index is -0.459. The van der Waals surface area contributed by atoms with Gasteiger partial charge in [0, 0.05) is 31.2 Å². The fourth-order valence-electron chi connectivity index (χ4n) is 1.43. The normalized spacial score (nSPS) is 12.8. The molecule has 15 heavy (non-hydrogen) atoms. The number of hydrogen-bond donors (Lipinski definition) is 3. The number of rotatable bonds is 8. The van der Waals surface area contributed by atoms with Gasteiger partial charge in [0.25, 0.3) is 0 Å². The van der Waals surface area contributed by atoms with Crippen molar-refractivity contribution in [3.63, 3.8) is 0 Å². The maximum atomic E-state index is 9.21. The zero-order valence-electron chi connectivity index (χ0n) is 10.1. The standard InChI is InChI=1S/C11H25NO3/c1-10(2)12(5-4-6-13)7-11(3,8-14)9-15/h10,13-15H,4-9H2,1-3H3. The van der Waals surface area contributed by atoms with E-state index in [0.717, 1.165) is 13.0 Å². The van der Waals surface area contributed by atoms with Crippen molar-refractivity contribution in [2.45, 2.75) is 33.2 Å². The molecule has 0 rings (SSSR count). The maximum absolute atomic E-state index is 9.21. The molecule has 0 spiro atoms. The average molecular weight is 219 g/mol. The van der Waals surface area contributed by atoms with Gasteiger partial charge in [0.2, 0.25) is 0 Å². The lowest BCUT2D eigenvalue weighted by atomic mass is 9.91. The predicted octanol–water partition coefficient (Wildman–Crippen LogP) is 0.0701. The van der Waals surface area contributed by atoms with Crippen molar-refractivity contribution in [1.29, 1.82) is 0 Å². The second-order valence-corrected chi connectivity index (χ2v) is 4.77. The van der Waals surface area contributed by atoms with Crippen LogP contribution in [0.3, 0.4) is 0 Å². The number of aliphatic hydroxyl groups is 3. The van der Waals surface area contributed by atoms with Crippen molar-refractivity contribution in [2.75, 3.05) is 32.9 Å². The molecular weight excluding hydrogens is 194 g/mol. The van der Waals surface area contributed by atoms with E-state index >= 15 is 0 Å². The smallest absolute Gasteiger partial charge is 0.0519 e. The lowest BCUT2D eigenvalue weighted by Crippen LogP contribution is -2.44. The molecule has 4 heteroatoms. The molecule has 92 valence electrons. The van der Waals surface area contributed by atoms with Crippen LogP contribution >= 0.6 is 0 Å². The van der Waals surface area contributed by atoms with Crippen molar-refractivity contribution < 1.29 is 15.3 Å². The largest absolute Gasteiger partial charge is 0.396 e. The Labute approximate surface area is 92.5 Å². The summed E-state index contributed by atoms with van der Waals surface area (Å²) in [5, 5.41) is 27.2. The first kappa shape index (κ1) is 14.8. The summed E-state index contributed by atoms with van der Waals surface area (Å²) in [5.41, 5.74) is -0.459. The molecule has 0 aliphatic rings. The first-order valence-electron chi connectivity index (χ1n) is 5.55. The Kier molecular flexibility index (Phi) is 7.09. The van der Waals surface area contributed by atoms with Crippen LogP contribution in [0.4, 0.5) is 0 Å². The second-order valence-electron chi connectivity index (χ2n) is 4.77. The Bertz CT molecular complexity index is 158. The summed E-state index contributed by atoms with van der Waals surface area (Å²) in [5.74, 6) is 0. The van der Waals surface area contributed by atoms with E-state index < -0.39 is 5.41 Å². The number of hydrogen-bond acceptors (Lipinski definition) is 4. The Balaban J connectivity index is 4.25. The molecule has 0 unspecified atom stereocenters. The molecule has 0 aliphatic carbocycles. The molecule has 0 bridgehead atoms. The van der Waals surface area contributed by atoms with Crippen molar-refractivity contribution in [3.05, 3.63) is 0 Å². The van der Waals surface area contributed by atoms with E-state index in [9.17, 15) is 10.2 Å². The molecule has 0 heterocycles. The summed E-state index contributed by atoms with van der Waals surface area (Å²) in [7, 11) is 0. The molecule has 0 saturated heterocycles. The van der Waals surface area contributed by atoms with E-state index in [1.165, 1.54) is 0 Å². The van der Waals surface area contributed by atoms with E-state index in [4.69, 9.17) is 5.11 Å². The molecule has 0 radical (unpaired) electrons. The van der Waals surface area contributed by atoms with Gasteiger partial charge in [-0.2, -0.15) is 0 Å². The fraction of sp³-hybridized carbons (Fsp3) is 1.00. The first-order valence-corrected chi connectivity index (χ1v) is 5.55. The van der Waals surface area contributed by atoms with Crippen LogP contribution < -0.4 is 0 Å². The summed E-state index contributed by atoms with van der Waals surface area (Å²) < 4.78 is 0. The summed E-state index contributed by atoms with van der Waals surface area (Å²) in [6.07, 6.45) is 0.727. The van der Waals surface area contributed by atoms with Crippen LogP contribution in [0.2, 0.25) is 0 Å². The average Bonchev–Trinajstić information content (AvgIpc) is 2.23. The molecular formula is C11H25NO3. The van der Waals surface area contributed by atoms with Gasteiger partial charge in [-0.15, -0.1) is 0 Å². The molecule has 3 N–H and O–H groups in total. The van der Waals surface area contributed by atoms with Gasteiger partial charge in [-0.25, -0.2) is 0 Å². The molecule has 0 aliphatic heterocycles. The maximum Gasteiger partial charge on any atom is 0.0519 e. The van der Waals surface area contributed by atoms with Gasteiger partial charge < -0.3 is 20.2 Å². The second kappa shape index (κ2) is 7.17. The predicted molar refractivity (Wildman–Crippen MR) is 60.7 cm³/mol. The topological polar surface area (TPSA) is 63.9 Å². The SMILES string of the molecule is CC(C)N(CCCO)CC(C)(CO)CO. The first-order chi connectivity index (χ1) is 6.99. The highest BCUT2D eigenvalue weighted by atomic mass is 16.3. The Morgan fingerprint density at radius 3 is 2.00 bits per heavy atom. The lowest BCUT2D eigenvalue weighted by Gasteiger charge is -2.35. The van der Waals surface area contributed by atoms with Crippen LogP contribution in [0.15, 0.2) is 0 Å². The third kappa shape index (κ3) is 5.47. The number of nitrogens with zero attached hydrogens (tertiary/aromatic N) is 1. The van der Waals surface area contributed by atoms with Crippen molar-refractivity contribution in [1.82, 2.24) is 4.90 Å². The number of aliphatic hydroxyl groups excluding tert-OH is 3. The van der Waals surface area contributed by atoms with Gasteiger partial charge >= 0.3 is 0 Å². The monoisotopic (exact) mass is 219 g/mol. The highest BCUT2D eigenvalue weighted by Crippen LogP contribution is 2.18.